The normalized spacial score (nSPS) is 10.9. The number of nitrogens with zero attached hydrogens (tertiary/aromatic N) is 1. The Kier molecular flexibility index (Phi) is 9.18. The van der Waals surface area contributed by atoms with Crippen molar-refractivity contribution >= 4 is 12.0 Å². The average molecular weight is 316 g/mol. The van der Waals surface area contributed by atoms with Gasteiger partial charge < -0.3 is 14.8 Å². The van der Waals surface area contributed by atoms with Crippen LogP contribution in [0.2, 0.25) is 0 Å². The number of nitrogens with one attached hydrogen (secondary N) is 1. The Labute approximate surface area is 137 Å². The van der Waals surface area contributed by atoms with Crippen molar-refractivity contribution in [3.8, 4) is 11.8 Å². The fourth-order valence-corrected chi connectivity index (χ4v) is 1.81. The second kappa shape index (κ2) is 11.3. The van der Waals surface area contributed by atoms with Gasteiger partial charge in [-0.25, -0.2) is 0 Å². The Balaban J connectivity index is 2.56. The minimum absolute atomic E-state index is 0.0867. The lowest BCUT2D eigenvalue weighted by molar-refractivity contribution is -0.117. The molecule has 0 radical (unpaired) electrons. The van der Waals surface area contributed by atoms with E-state index < -0.39 is 0 Å². The molecule has 0 atom stereocenters. The lowest BCUT2D eigenvalue weighted by Crippen LogP contribution is -2.26. The van der Waals surface area contributed by atoms with Crippen LogP contribution in [0.5, 0.6) is 5.75 Å². The molecule has 1 N–H and O–H groups in total. The molecule has 1 amide bonds. The van der Waals surface area contributed by atoms with Gasteiger partial charge in [0.2, 0.25) is 0 Å². The van der Waals surface area contributed by atoms with Crippen LogP contribution in [0.4, 0.5) is 0 Å². The molecule has 0 unspecified atom stereocenters. The first kappa shape index (κ1) is 18.7. The van der Waals surface area contributed by atoms with Crippen LogP contribution in [0.25, 0.3) is 6.08 Å². The third-order valence-corrected chi connectivity index (χ3v) is 2.98. The molecule has 0 aliphatic rings. The van der Waals surface area contributed by atoms with Gasteiger partial charge in [0.05, 0.1) is 6.61 Å². The summed E-state index contributed by atoms with van der Waals surface area (Å²) in [7, 11) is 0. The Morgan fingerprint density at radius 1 is 1.26 bits per heavy atom. The number of hydrogen-bond donors (Lipinski definition) is 1. The second-order valence-electron chi connectivity index (χ2n) is 4.89. The summed E-state index contributed by atoms with van der Waals surface area (Å²) >= 11 is 0. The third-order valence-electron chi connectivity index (χ3n) is 2.98. The topological polar surface area (TPSA) is 71.3 Å². The first-order valence-electron chi connectivity index (χ1n) is 7.91. The number of carbonyl (C=O) groups is 1. The predicted octanol–water partition coefficient (Wildman–Crippen LogP) is 2.93. The number of benzene rings is 1. The van der Waals surface area contributed by atoms with E-state index in [1.807, 2.05) is 44.2 Å². The molecular weight excluding hydrogens is 292 g/mol. The molecule has 23 heavy (non-hydrogen) atoms. The Bertz CT molecular complexity index is 544. The molecule has 5 nitrogen and oxygen atoms in total. The molecule has 0 fully saturated rings. The maximum absolute atomic E-state index is 12.0. The summed E-state index contributed by atoms with van der Waals surface area (Å²) < 4.78 is 10.7. The Morgan fingerprint density at radius 3 is 2.61 bits per heavy atom. The van der Waals surface area contributed by atoms with Gasteiger partial charge in [-0.3, -0.25) is 4.79 Å². The van der Waals surface area contributed by atoms with Crippen molar-refractivity contribution < 1.29 is 14.3 Å². The van der Waals surface area contributed by atoms with Gasteiger partial charge >= 0.3 is 0 Å². The Morgan fingerprint density at radius 2 is 2.00 bits per heavy atom. The number of hydrogen-bond acceptors (Lipinski definition) is 4. The zero-order chi connectivity index (χ0) is 16.9. The van der Waals surface area contributed by atoms with E-state index in [1.165, 1.54) is 0 Å². The van der Waals surface area contributed by atoms with Crippen molar-refractivity contribution in [1.29, 1.82) is 5.26 Å². The molecule has 1 rings (SSSR count). The smallest absolute Gasteiger partial charge is 0.261 e. The molecule has 0 bridgehead atoms. The van der Waals surface area contributed by atoms with E-state index in [9.17, 15) is 4.79 Å². The molecule has 5 heteroatoms. The number of ether oxygens (including phenoxy) is 2. The SMILES string of the molecule is CCCOc1ccc(/C=C(\C#N)C(=O)NCCCOCC)cc1. The third kappa shape index (κ3) is 7.48. The summed E-state index contributed by atoms with van der Waals surface area (Å²) in [4.78, 5) is 12.0. The lowest BCUT2D eigenvalue weighted by atomic mass is 10.1. The maximum atomic E-state index is 12.0. The first-order chi connectivity index (χ1) is 11.2. The van der Waals surface area contributed by atoms with Gasteiger partial charge in [0, 0.05) is 19.8 Å². The van der Waals surface area contributed by atoms with Gasteiger partial charge in [-0.15, -0.1) is 0 Å². The summed E-state index contributed by atoms with van der Waals surface area (Å²) in [6, 6.07) is 9.25. The summed E-state index contributed by atoms with van der Waals surface area (Å²) in [5.74, 6) is 0.415. The number of rotatable bonds is 10. The molecular formula is C18H24N2O3. The van der Waals surface area contributed by atoms with E-state index in [2.05, 4.69) is 5.32 Å². The average Bonchev–Trinajstić information content (AvgIpc) is 2.58. The number of carbonyl (C=O) groups excluding carboxylic acids is 1. The zero-order valence-electron chi connectivity index (χ0n) is 13.8. The first-order valence-corrected chi connectivity index (χ1v) is 7.91. The molecule has 0 spiro atoms. The van der Waals surface area contributed by atoms with Gasteiger partial charge in [0.1, 0.15) is 17.4 Å². The molecule has 0 aliphatic carbocycles. The molecule has 0 saturated carbocycles. The van der Waals surface area contributed by atoms with Crippen LogP contribution in [-0.4, -0.2) is 32.3 Å². The van der Waals surface area contributed by atoms with Gasteiger partial charge in [0.15, 0.2) is 0 Å². The van der Waals surface area contributed by atoms with Gasteiger partial charge in [-0.2, -0.15) is 5.26 Å². The predicted molar refractivity (Wildman–Crippen MR) is 89.9 cm³/mol. The second-order valence-corrected chi connectivity index (χ2v) is 4.89. The van der Waals surface area contributed by atoms with Crippen LogP contribution in [-0.2, 0) is 9.53 Å². The monoisotopic (exact) mass is 316 g/mol. The van der Waals surface area contributed by atoms with Crippen molar-refractivity contribution in [3.05, 3.63) is 35.4 Å². The fourth-order valence-electron chi connectivity index (χ4n) is 1.81. The fraction of sp³-hybridized carbons (Fsp3) is 0.444. The van der Waals surface area contributed by atoms with Crippen molar-refractivity contribution in [2.75, 3.05) is 26.4 Å². The molecule has 0 heterocycles. The summed E-state index contributed by atoms with van der Waals surface area (Å²) in [6.45, 7) is 6.39. The molecule has 1 aromatic carbocycles. The zero-order valence-corrected chi connectivity index (χ0v) is 13.8. The largest absolute Gasteiger partial charge is 0.494 e. The van der Waals surface area contributed by atoms with Crippen LogP contribution in [0.1, 0.15) is 32.3 Å². The van der Waals surface area contributed by atoms with Crippen molar-refractivity contribution in [2.24, 2.45) is 0 Å². The highest BCUT2D eigenvalue weighted by Crippen LogP contribution is 2.14. The quantitative estimate of drug-likeness (QED) is 0.409. The molecule has 0 saturated heterocycles. The van der Waals surface area contributed by atoms with E-state index in [1.54, 1.807) is 6.08 Å². The van der Waals surface area contributed by atoms with E-state index >= 15 is 0 Å². The number of amides is 1. The molecule has 0 aromatic heterocycles. The highest BCUT2D eigenvalue weighted by molar-refractivity contribution is 6.01. The molecule has 124 valence electrons. The van der Waals surface area contributed by atoms with E-state index in [-0.39, 0.29) is 11.5 Å². The summed E-state index contributed by atoms with van der Waals surface area (Å²) in [5.41, 5.74) is 0.874. The molecule has 1 aromatic rings. The Hall–Kier alpha value is -2.32. The van der Waals surface area contributed by atoms with Crippen LogP contribution in [0, 0.1) is 11.3 Å². The minimum Gasteiger partial charge on any atom is -0.494 e. The van der Waals surface area contributed by atoms with E-state index in [0.29, 0.717) is 26.4 Å². The van der Waals surface area contributed by atoms with Crippen molar-refractivity contribution in [2.45, 2.75) is 26.7 Å². The van der Waals surface area contributed by atoms with Crippen LogP contribution < -0.4 is 10.1 Å². The van der Waals surface area contributed by atoms with Gasteiger partial charge in [-0.1, -0.05) is 19.1 Å². The van der Waals surface area contributed by atoms with Crippen LogP contribution >= 0.6 is 0 Å². The standard InChI is InChI=1S/C18H24N2O3/c1-3-11-23-17-8-6-15(7-9-17)13-16(14-19)18(21)20-10-5-12-22-4-2/h6-9,13H,3-5,10-12H2,1-2H3,(H,20,21)/b16-13+. The molecule has 0 aliphatic heterocycles. The van der Waals surface area contributed by atoms with Crippen molar-refractivity contribution in [3.63, 3.8) is 0 Å². The number of nitriles is 1. The van der Waals surface area contributed by atoms with Crippen LogP contribution in [0.15, 0.2) is 29.8 Å². The minimum atomic E-state index is -0.365. The highest BCUT2D eigenvalue weighted by Gasteiger charge is 2.08. The van der Waals surface area contributed by atoms with E-state index in [0.717, 1.165) is 24.2 Å². The van der Waals surface area contributed by atoms with Crippen LogP contribution in [0.3, 0.4) is 0 Å². The van der Waals surface area contributed by atoms with Gasteiger partial charge in [-0.05, 0) is 43.5 Å². The van der Waals surface area contributed by atoms with Crippen molar-refractivity contribution in [1.82, 2.24) is 5.32 Å². The highest BCUT2D eigenvalue weighted by atomic mass is 16.5. The van der Waals surface area contributed by atoms with Gasteiger partial charge in [0.25, 0.3) is 5.91 Å². The lowest BCUT2D eigenvalue weighted by Gasteiger charge is -2.06. The maximum Gasteiger partial charge on any atom is 0.261 e. The summed E-state index contributed by atoms with van der Waals surface area (Å²) in [6.07, 6.45) is 3.24. The summed E-state index contributed by atoms with van der Waals surface area (Å²) in [5, 5.41) is 11.9. The van der Waals surface area contributed by atoms with E-state index in [4.69, 9.17) is 14.7 Å².